The van der Waals surface area contributed by atoms with Crippen LogP contribution in [0.2, 0.25) is 0 Å². The number of carbonyl (C=O) groups excluding carboxylic acids is 1. The molecule has 2 aliphatic rings. The van der Waals surface area contributed by atoms with Crippen molar-refractivity contribution in [3.8, 4) is 11.8 Å². The summed E-state index contributed by atoms with van der Waals surface area (Å²) in [4.78, 5) is 54.3. The molecular formula is C27H34N8O3. The highest BCUT2D eigenvalue weighted by Crippen LogP contribution is 2.34. The van der Waals surface area contributed by atoms with Gasteiger partial charge in [0.1, 0.15) is 22.7 Å². The summed E-state index contributed by atoms with van der Waals surface area (Å²) in [6, 6.07) is 1.78. The topological polar surface area (TPSA) is 124 Å². The van der Waals surface area contributed by atoms with Crippen LogP contribution < -0.4 is 21.9 Å². The SMILES string of the molecule is CC#CCn1c(N2CCC[C@@H](N)C2)c(C(=O)N2CCC2)c2c1c(=O)n(Cc1nc(C)cc(C)n1)c(=O)n2C. The molecular weight excluding hydrogens is 484 g/mol. The van der Waals surface area contributed by atoms with E-state index in [1.807, 2.05) is 19.9 Å². The molecule has 2 fully saturated rings. The first-order chi connectivity index (χ1) is 18.2. The first-order valence-electron chi connectivity index (χ1n) is 13.1. The van der Waals surface area contributed by atoms with Crippen LogP contribution in [0.1, 0.15) is 53.8 Å². The smallest absolute Gasteiger partial charge is 0.331 e. The predicted octanol–water partition coefficient (Wildman–Crippen LogP) is 0.754. The van der Waals surface area contributed by atoms with Crippen molar-refractivity contribution in [3.05, 3.63) is 49.7 Å². The van der Waals surface area contributed by atoms with Crippen LogP contribution in [0.5, 0.6) is 0 Å². The molecule has 200 valence electrons. The number of aromatic nitrogens is 5. The highest BCUT2D eigenvalue weighted by Gasteiger charge is 2.35. The van der Waals surface area contributed by atoms with Crippen molar-refractivity contribution < 1.29 is 4.79 Å². The molecule has 0 unspecified atom stereocenters. The summed E-state index contributed by atoms with van der Waals surface area (Å²) in [5.74, 6) is 6.80. The molecule has 2 N–H and O–H groups in total. The predicted molar refractivity (Wildman–Crippen MR) is 145 cm³/mol. The molecule has 1 atom stereocenters. The minimum Gasteiger partial charge on any atom is -0.356 e. The van der Waals surface area contributed by atoms with Gasteiger partial charge >= 0.3 is 5.69 Å². The fraction of sp³-hybridized carbons (Fsp3) is 0.519. The number of hydrogen-bond acceptors (Lipinski definition) is 7. The molecule has 2 aliphatic heterocycles. The fourth-order valence-electron chi connectivity index (χ4n) is 5.50. The number of nitrogens with two attached hydrogens (primary N) is 1. The second kappa shape index (κ2) is 10.1. The third-order valence-corrected chi connectivity index (χ3v) is 7.37. The molecule has 0 aliphatic carbocycles. The summed E-state index contributed by atoms with van der Waals surface area (Å²) < 4.78 is 4.36. The minimum atomic E-state index is -0.525. The third kappa shape index (κ3) is 4.39. The number of anilines is 1. The van der Waals surface area contributed by atoms with Gasteiger partial charge in [-0.15, -0.1) is 5.92 Å². The lowest BCUT2D eigenvalue weighted by atomic mass is 10.1. The van der Waals surface area contributed by atoms with Gasteiger partial charge in [0.05, 0.1) is 18.6 Å². The van der Waals surface area contributed by atoms with Crippen LogP contribution in [0.25, 0.3) is 11.0 Å². The van der Waals surface area contributed by atoms with Gasteiger partial charge in [0.2, 0.25) is 0 Å². The van der Waals surface area contributed by atoms with E-state index in [0.717, 1.165) is 35.2 Å². The standard InChI is InChI=1S/C27H34N8O3/c1-5-6-13-34-23-22(21(25(36)32-11-8-12-32)24(34)33-10-7-9-19(28)15-33)31(4)27(38)35(26(23)37)16-20-29-17(2)14-18(3)30-20/h14,19H,7-13,15-16,28H2,1-4H3/t19-/m1/s1. The zero-order valence-electron chi connectivity index (χ0n) is 22.5. The average Bonchev–Trinajstić information content (AvgIpc) is 3.17. The van der Waals surface area contributed by atoms with Crippen molar-refractivity contribution in [1.82, 2.24) is 28.6 Å². The molecule has 0 radical (unpaired) electrons. The van der Waals surface area contributed by atoms with E-state index in [2.05, 4.69) is 26.7 Å². The summed E-state index contributed by atoms with van der Waals surface area (Å²) >= 11 is 0. The molecule has 11 nitrogen and oxygen atoms in total. The van der Waals surface area contributed by atoms with Crippen molar-refractivity contribution in [1.29, 1.82) is 0 Å². The van der Waals surface area contributed by atoms with E-state index in [1.165, 1.54) is 4.57 Å². The molecule has 38 heavy (non-hydrogen) atoms. The van der Waals surface area contributed by atoms with Crippen molar-refractivity contribution in [2.75, 3.05) is 31.1 Å². The number of aryl methyl sites for hydroxylation is 3. The number of carbonyl (C=O) groups is 1. The molecule has 5 rings (SSSR count). The molecule has 3 aromatic rings. The lowest BCUT2D eigenvalue weighted by Crippen LogP contribution is -2.46. The zero-order valence-corrected chi connectivity index (χ0v) is 22.5. The summed E-state index contributed by atoms with van der Waals surface area (Å²) in [7, 11) is 1.61. The Morgan fingerprint density at radius 1 is 1.08 bits per heavy atom. The molecule has 0 aromatic carbocycles. The second-order valence-electron chi connectivity index (χ2n) is 10.2. The highest BCUT2D eigenvalue weighted by molar-refractivity contribution is 6.11. The van der Waals surface area contributed by atoms with E-state index in [-0.39, 0.29) is 30.6 Å². The average molecular weight is 519 g/mol. The van der Waals surface area contributed by atoms with Crippen LogP contribution in [-0.2, 0) is 20.1 Å². The molecule has 1 amide bonds. The van der Waals surface area contributed by atoms with E-state index in [1.54, 1.807) is 23.4 Å². The normalized spacial score (nSPS) is 17.3. The van der Waals surface area contributed by atoms with Gasteiger partial charge in [-0.25, -0.2) is 14.8 Å². The Morgan fingerprint density at radius 2 is 1.79 bits per heavy atom. The van der Waals surface area contributed by atoms with Crippen molar-refractivity contribution in [2.45, 2.75) is 59.2 Å². The van der Waals surface area contributed by atoms with Crippen LogP contribution >= 0.6 is 0 Å². The summed E-state index contributed by atoms with van der Waals surface area (Å²) in [6.07, 6.45) is 2.69. The third-order valence-electron chi connectivity index (χ3n) is 7.37. The Labute approximate surface area is 220 Å². The quantitative estimate of drug-likeness (QED) is 0.495. The Balaban J connectivity index is 1.82. The Morgan fingerprint density at radius 3 is 2.39 bits per heavy atom. The number of nitrogens with zero attached hydrogens (tertiary/aromatic N) is 7. The summed E-state index contributed by atoms with van der Waals surface area (Å²) in [5.41, 5.74) is 7.82. The number of likely N-dealkylation sites (tertiary alicyclic amines) is 1. The minimum absolute atomic E-state index is 0.0541. The van der Waals surface area contributed by atoms with Crippen LogP contribution in [0.3, 0.4) is 0 Å². The van der Waals surface area contributed by atoms with Gasteiger partial charge in [0.15, 0.2) is 0 Å². The van der Waals surface area contributed by atoms with E-state index >= 15 is 0 Å². The summed E-state index contributed by atoms with van der Waals surface area (Å²) in [5, 5.41) is 0. The number of rotatable bonds is 5. The number of piperidine rings is 1. The van der Waals surface area contributed by atoms with E-state index in [0.29, 0.717) is 48.9 Å². The van der Waals surface area contributed by atoms with Crippen molar-refractivity contribution in [2.24, 2.45) is 12.8 Å². The Bertz CT molecular complexity index is 1580. The fourth-order valence-corrected chi connectivity index (χ4v) is 5.50. The van der Waals surface area contributed by atoms with Crippen molar-refractivity contribution in [3.63, 3.8) is 0 Å². The maximum Gasteiger partial charge on any atom is 0.331 e. The lowest BCUT2D eigenvalue weighted by molar-refractivity contribution is 0.0653. The maximum absolute atomic E-state index is 14.1. The molecule has 0 spiro atoms. The molecule has 2 saturated heterocycles. The molecule has 0 bridgehead atoms. The monoisotopic (exact) mass is 518 g/mol. The van der Waals surface area contributed by atoms with E-state index < -0.39 is 11.2 Å². The van der Waals surface area contributed by atoms with Crippen molar-refractivity contribution >= 4 is 22.8 Å². The van der Waals surface area contributed by atoms with Crippen LogP contribution in [0.4, 0.5) is 5.82 Å². The number of fused-ring (bicyclic) bond motifs is 1. The molecule has 5 heterocycles. The molecule has 11 heteroatoms. The zero-order chi connectivity index (χ0) is 27.1. The first kappa shape index (κ1) is 25.7. The lowest BCUT2D eigenvalue weighted by Gasteiger charge is -2.35. The number of hydrogen-bond donors (Lipinski definition) is 1. The largest absolute Gasteiger partial charge is 0.356 e. The molecule has 3 aromatic heterocycles. The Kier molecular flexibility index (Phi) is 6.84. The maximum atomic E-state index is 14.1. The van der Waals surface area contributed by atoms with Crippen LogP contribution in [-0.4, -0.2) is 66.7 Å². The van der Waals surface area contributed by atoms with Crippen LogP contribution in [0, 0.1) is 25.7 Å². The van der Waals surface area contributed by atoms with Gasteiger partial charge in [-0.3, -0.25) is 18.7 Å². The van der Waals surface area contributed by atoms with Crippen LogP contribution in [0.15, 0.2) is 15.7 Å². The van der Waals surface area contributed by atoms with Gasteiger partial charge in [-0.1, -0.05) is 5.92 Å². The Hall–Kier alpha value is -3.91. The first-order valence-corrected chi connectivity index (χ1v) is 13.1. The van der Waals surface area contributed by atoms with Gasteiger partial charge < -0.3 is 20.1 Å². The molecule has 0 saturated carbocycles. The van der Waals surface area contributed by atoms with Gasteiger partial charge in [-0.05, 0) is 46.1 Å². The number of amides is 1. The van der Waals surface area contributed by atoms with E-state index in [4.69, 9.17) is 5.73 Å². The highest BCUT2D eigenvalue weighted by atomic mass is 16.2. The van der Waals surface area contributed by atoms with E-state index in [9.17, 15) is 14.4 Å². The summed E-state index contributed by atoms with van der Waals surface area (Å²) in [6.45, 7) is 8.10. The van der Waals surface area contributed by atoms with Gasteiger partial charge in [-0.2, -0.15) is 0 Å². The van der Waals surface area contributed by atoms with Gasteiger partial charge in [0, 0.05) is 50.7 Å². The second-order valence-corrected chi connectivity index (χ2v) is 10.2. The van der Waals surface area contributed by atoms with Gasteiger partial charge in [0.25, 0.3) is 11.5 Å².